The zero-order chi connectivity index (χ0) is 12.4. The summed E-state index contributed by atoms with van der Waals surface area (Å²) < 4.78 is 0. The average Bonchev–Trinajstić information content (AvgIpc) is 2.41. The number of thioether (sulfide) groups is 1. The van der Waals surface area contributed by atoms with Crippen LogP contribution in [0.15, 0.2) is 41.8 Å². The molecule has 3 nitrogen and oxygen atoms in total. The summed E-state index contributed by atoms with van der Waals surface area (Å²) in [5.41, 5.74) is 2.21. The fourth-order valence-corrected chi connectivity index (χ4v) is 3.38. The van der Waals surface area contributed by atoms with Crippen molar-refractivity contribution in [2.24, 2.45) is 0 Å². The van der Waals surface area contributed by atoms with Crippen molar-refractivity contribution < 1.29 is 0 Å². The molecule has 1 aliphatic rings. The minimum atomic E-state index is 0.283. The van der Waals surface area contributed by atoms with E-state index in [0.717, 1.165) is 22.9 Å². The van der Waals surface area contributed by atoms with E-state index in [1.165, 1.54) is 16.8 Å². The Morgan fingerprint density at radius 2 is 2.11 bits per heavy atom. The summed E-state index contributed by atoms with van der Waals surface area (Å²) in [5.74, 6) is 1.11. The first-order valence-corrected chi connectivity index (χ1v) is 7.13. The van der Waals surface area contributed by atoms with Gasteiger partial charge in [0.1, 0.15) is 6.33 Å². The van der Waals surface area contributed by atoms with Gasteiger partial charge in [-0.05, 0) is 30.2 Å². The molecule has 0 bridgehead atoms. The lowest BCUT2D eigenvalue weighted by Crippen LogP contribution is -2.16. The Labute approximate surface area is 115 Å². The molecule has 92 valence electrons. The van der Waals surface area contributed by atoms with Crippen LogP contribution in [-0.4, -0.2) is 15.7 Å². The zero-order valence-electron chi connectivity index (χ0n) is 9.64. The Hall–Kier alpha value is -1.26. The molecule has 1 aliphatic heterocycles. The minimum Gasteiger partial charge on any atom is -0.376 e. The number of anilines is 1. The maximum absolute atomic E-state index is 6.08. The lowest BCUT2D eigenvalue weighted by atomic mass is 10.0. The van der Waals surface area contributed by atoms with E-state index in [1.54, 1.807) is 12.4 Å². The van der Waals surface area contributed by atoms with Crippen molar-refractivity contribution in [1.82, 2.24) is 9.97 Å². The van der Waals surface area contributed by atoms with Gasteiger partial charge in [0.25, 0.3) is 0 Å². The molecule has 0 aliphatic carbocycles. The monoisotopic (exact) mass is 277 g/mol. The van der Waals surface area contributed by atoms with Crippen LogP contribution in [0.5, 0.6) is 0 Å². The highest BCUT2D eigenvalue weighted by atomic mass is 35.5. The van der Waals surface area contributed by atoms with E-state index in [-0.39, 0.29) is 6.04 Å². The standard InChI is InChI=1S/C13H12ClN3S/c14-9-1-2-13-11(5-9)12(3-4-18-13)17-10-6-15-8-16-7-10/h1-2,5-8,12,17H,3-4H2. The van der Waals surface area contributed by atoms with Crippen LogP contribution < -0.4 is 5.32 Å². The number of halogens is 1. The van der Waals surface area contributed by atoms with E-state index < -0.39 is 0 Å². The van der Waals surface area contributed by atoms with Crippen molar-refractivity contribution >= 4 is 29.1 Å². The lowest BCUT2D eigenvalue weighted by Gasteiger charge is -2.26. The van der Waals surface area contributed by atoms with Gasteiger partial charge >= 0.3 is 0 Å². The Bertz CT molecular complexity index is 547. The number of nitrogens with one attached hydrogen (secondary N) is 1. The predicted molar refractivity (Wildman–Crippen MR) is 75.2 cm³/mol. The Balaban J connectivity index is 1.89. The summed E-state index contributed by atoms with van der Waals surface area (Å²) in [6.45, 7) is 0. The van der Waals surface area contributed by atoms with E-state index in [2.05, 4.69) is 21.4 Å². The molecular weight excluding hydrogens is 266 g/mol. The van der Waals surface area contributed by atoms with Crippen LogP contribution in [0.3, 0.4) is 0 Å². The van der Waals surface area contributed by atoms with Crippen molar-refractivity contribution in [1.29, 1.82) is 0 Å². The predicted octanol–water partition coefficient (Wildman–Crippen LogP) is 3.78. The molecule has 1 unspecified atom stereocenters. The normalized spacial score (nSPS) is 18.2. The molecule has 18 heavy (non-hydrogen) atoms. The largest absolute Gasteiger partial charge is 0.376 e. The summed E-state index contributed by atoms with van der Waals surface area (Å²) in [4.78, 5) is 9.34. The minimum absolute atomic E-state index is 0.283. The summed E-state index contributed by atoms with van der Waals surface area (Å²) >= 11 is 7.97. The maximum Gasteiger partial charge on any atom is 0.115 e. The fourth-order valence-electron chi connectivity index (χ4n) is 2.09. The Kier molecular flexibility index (Phi) is 3.39. The number of fused-ring (bicyclic) bond motifs is 1. The van der Waals surface area contributed by atoms with Crippen LogP contribution in [0.4, 0.5) is 5.69 Å². The molecule has 1 aromatic heterocycles. The second-order valence-electron chi connectivity index (χ2n) is 4.14. The van der Waals surface area contributed by atoms with Crippen molar-refractivity contribution in [3.8, 4) is 0 Å². The third-order valence-electron chi connectivity index (χ3n) is 2.91. The van der Waals surface area contributed by atoms with Gasteiger partial charge in [0.05, 0.1) is 24.1 Å². The molecule has 3 rings (SSSR count). The zero-order valence-corrected chi connectivity index (χ0v) is 11.2. The first-order chi connectivity index (χ1) is 8.83. The van der Waals surface area contributed by atoms with E-state index in [4.69, 9.17) is 11.6 Å². The van der Waals surface area contributed by atoms with Crippen LogP contribution in [0.25, 0.3) is 0 Å². The van der Waals surface area contributed by atoms with Gasteiger partial charge < -0.3 is 5.32 Å². The molecule has 0 saturated heterocycles. The summed E-state index contributed by atoms with van der Waals surface area (Å²) in [6, 6.07) is 6.37. The molecule has 1 N–H and O–H groups in total. The number of aromatic nitrogens is 2. The van der Waals surface area contributed by atoms with E-state index >= 15 is 0 Å². The first kappa shape index (κ1) is 11.8. The summed E-state index contributed by atoms with van der Waals surface area (Å²) in [5, 5.41) is 4.25. The van der Waals surface area contributed by atoms with E-state index in [9.17, 15) is 0 Å². The maximum atomic E-state index is 6.08. The smallest absolute Gasteiger partial charge is 0.115 e. The second-order valence-corrected chi connectivity index (χ2v) is 5.72. The average molecular weight is 278 g/mol. The second kappa shape index (κ2) is 5.16. The molecule has 0 fully saturated rings. The van der Waals surface area contributed by atoms with Crippen LogP contribution >= 0.6 is 23.4 Å². The highest BCUT2D eigenvalue weighted by molar-refractivity contribution is 7.99. The topological polar surface area (TPSA) is 37.8 Å². The SMILES string of the molecule is Clc1ccc2c(c1)C(Nc1cncnc1)CCS2. The number of rotatable bonds is 2. The fraction of sp³-hybridized carbons (Fsp3) is 0.231. The van der Waals surface area contributed by atoms with Gasteiger partial charge in [0.15, 0.2) is 0 Å². The van der Waals surface area contributed by atoms with Crippen LogP contribution in [0, 0.1) is 0 Å². The highest BCUT2D eigenvalue weighted by Gasteiger charge is 2.20. The first-order valence-electron chi connectivity index (χ1n) is 5.77. The quantitative estimate of drug-likeness (QED) is 0.907. The number of hydrogen-bond acceptors (Lipinski definition) is 4. The van der Waals surface area contributed by atoms with E-state index in [1.807, 2.05) is 23.9 Å². The molecule has 2 heterocycles. The van der Waals surface area contributed by atoms with Gasteiger partial charge in [-0.15, -0.1) is 11.8 Å². The van der Waals surface area contributed by atoms with Crippen molar-refractivity contribution in [2.75, 3.05) is 11.1 Å². The van der Waals surface area contributed by atoms with Crippen molar-refractivity contribution in [2.45, 2.75) is 17.4 Å². The highest BCUT2D eigenvalue weighted by Crippen LogP contribution is 2.38. The Morgan fingerprint density at radius 3 is 2.94 bits per heavy atom. The van der Waals surface area contributed by atoms with Crippen LogP contribution in [0.2, 0.25) is 5.02 Å². The number of nitrogens with zero attached hydrogens (tertiary/aromatic N) is 2. The number of hydrogen-bond donors (Lipinski definition) is 1. The van der Waals surface area contributed by atoms with Gasteiger partial charge in [0, 0.05) is 15.7 Å². The van der Waals surface area contributed by atoms with Crippen LogP contribution in [0.1, 0.15) is 18.0 Å². The molecule has 2 aromatic rings. The Morgan fingerprint density at radius 1 is 1.28 bits per heavy atom. The van der Waals surface area contributed by atoms with Gasteiger partial charge in [0.2, 0.25) is 0 Å². The molecule has 5 heteroatoms. The van der Waals surface area contributed by atoms with Crippen LogP contribution in [-0.2, 0) is 0 Å². The van der Waals surface area contributed by atoms with Crippen molar-refractivity contribution in [3.63, 3.8) is 0 Å². The number of benzene rings is 1. The molecule has 1 atom stereocenters. The van der Waals surface area contributed by atoms with Gasteiger partial charge in [-0.2, -0.15) is 0 Å². The van der Waals surface area contributed by atoms with Gasteiger partial charge in [-0.1, -0.05) is 11.6 Å². The summed E-state index contributed by atoms with van der Waals surface area (Å²) in [6.07, 6.45) is 6.19. The van der Waals surface area contributed by atoms with Gasteiger partial charge in [-0.3, -0.25) is 0 Å². The molecule has 0 spiro atoms. The molecule has 1 aromatic carbocycles. The molecular formula is C13H12ClN3S. The van der Waals surface area contributed by atoms with E-state index in [0.29, 0.717) is 0 Å². The van der Waals surface area contributed by atoms with Gasteiger partial charge in [-0.25, -0.2) is 9.97 Å². The molecule has 0 radical (unpaired) electrons. The lowest BCUT2D eigenvalue weighted by molar-refractivity contribution is 0.727. The molecule has 0 saturated carbocycles. The summed E-state index contributed by atoms with van der Waals surface area (Å²) in [7, 11) is 0. The third kappa shape index (κ3) is 2.44. The molecule has 0 amide bonds. The third-order valence-corrected chi connectivity index (χ3v) is 4.27. The van der Waals surface area contributed by atoms with Crippen molar-refractivity contribution in [3.05, 3.63) is 47.5 Å².